The highest BCUT2D eigenvalue weighted by Gasteiger charge is 2.18. The minimum atomic E-state index is -0.158. The van der Waals surface area contributed by atoms with Crippen LogP contribution in [0.1, 0.15) is 23.2 Å². The van der Waals surface area contributed by atoms with Gasteiger partial charge in [0.25, 0.3) is 5.91 Å². The minimum Gasteiger partial charge on any atom is -0.497 e. The highest BCUT2D eigenvalue weighted by atomic mass is 16.5. The average Bonchev–Trinajstić information content (AvgIpc) is 3.14. The van der Waals surface area contributed by atoms with Crippen molar-refractivity contribution in [3.8, 4) is 5.75 Å². The van der Waals surface area contributed by atoms with E-state index < -0.39 is 0 Å². The van der Waals surface area contributed by atoms with Gasteiger partial charge in [-0.1, -0.05) is 0 Å². The van der Waals surface area contributed by atoms with E-state index in [1.807, 2.05) is 24.3 Å². The second-order valence-electron chi connectivity index (χ2n) is 5.60. The zero-order valence-electron chi connectivity index (χ0n) is 13.6. The van der Waals surface area contributed by atoms with Crippen LogP contribution in [-0.4, -0.2) is 37.3 Å². The second-order valence-corrected chi connectivity index (χ2v) is 5.60. The lowest BCUT2D eigenvalue weighted by Crippen LogP contribution is -2.32. The predicted molar refractivity (Wildman–Crippen MR) is 91.8 cm³/mol. The van der Waals surface area contributed by atoms with Crippen molar-refractivity contribution in [2.45, 2.75) is 18.9 Å². The molecule has 1 amide bonds. The highest BCUT2D eigenvalue weighted by Crippen LogP contribution is 2.21. The largest absolute Gasteiger partial charge is 0.497 e. The number of carbonyl (C=O) groups excluding carboxylic acids is 1. The zero-order chi connectivity index (χ0) is 16.8. The van der Waals surface area contributed by atoms with E-state index in [4.69, 9.17) is 9.47 Å². The van der Waals surface area contributed by atoms with Crippen LogP contribution in [-0.2, 0) is 4.74 Å². The van der Waals surface area contributed by atoms with Gasteiger partial charge in [0.2, 0.25) is 0 Å². The molecule has 0 aliphatic carbocycles. The molecule has 2 heterocycles. The van der Waals surface area contributed by atoms with Crippen LogP contribution in [0.25, 0.3) is 0 Å². The third-order valence-electron chi connectivity index (χ3n) is 3.92. The van der Waals surface area contributed by atoms with Crippen LogP contribution >= 0.6 is 0 Å². The Bertz CT molecular complexity index is 682. The number of carbonyl (C=O) groups is 1. The van der Waals surface area contributed by atoms with Gasteiger partial charge < -0.3 is 20.1 Å². The summed E-state index contributed by atoms with van der Waals surface area (Å²) in [5.41, 5.74) is 1.34. The monoisotopic (exact) mass is 327 g/mol. The number of nitrogens with one attached hydrogen (secondary N) is 2. The number of rotatable bonds is 6. The lowest BCUT2D eigenvalue weighted by Gasteiger charge is -2.13. The first-order valence-corrected chi connectivity index (χ1v) is 8.02. The summed E-state index contributed by atoms with van der Waals surface area (Å²) in [6.45, 7) is 1.30. The number of pyridine rings is 1. The molecular weight excluding hydrogens is 306 g/mol. The van der Waals surface area contributed by atoms with Crippen LogP contribution in [0.3, 0.4) is 0 Å². The van der Waals surface area contributed by atoms with Crippen molar-refractivity contribution in [2.75, 3.05) is 25.6 Å². The first-order chi connectivity index (χ1) is 11.8. The average molecular weight is 327 g/mol. The molecule has 24 heavy (non-hydrogen) atoms. The number of hydrogen-bond donors (Lipinski definition) is 2. The first-order valence-electron chi connectivity index (χ1n) is 8.02. The lowest BCUT2D eigenvalue weighted by molar-refractivity contribution is 0.0858. The smallest absolute Gasteiger partial charge is 0.255 e. The molecule has 126 valence electrons. The molecule has 1 aliphatic heterocycles. The standard InChI is InChI=1S/C18H21N3O3/c1-23-14-8-6-13(7-9-14)21-17-16(5-2-10-19-17)18(22)20-12-15-4-3-11-24-15/h2,5-10,15H,3-4,11-12H2,1H3,(H,19,21)(H,20,22). The third-order valence-corrected chi connectivity index (χ3v) is 3.92. The Labute approximate surface area is 141 Å². The van der Waals surface area contributed by atoms with E-state index >= 15 is 0 Å². The fourth-order valence-electron chi connectivity index (χ4n) is 2.61. The van der Waals surface area contributed by atoms with Gasteiger partial charge >= 0.3 is 0 Å². The van der Waals surface area contributed by atoms with Gasteiger partial charge in [-0.05, 0) is 49.2 Å². The SMILES string of the molecule is COc1ccc(Nc2ncccc2C(=O)NCC2CCCO2)cc1. The summed E-state index contributed by atoms with van der Waals surface area (Å²) in [5.74, 6) is 1.14. The van der Waals surface area contributed by atoms with Crippen LogP contribution in [0.2, 0.25) is 0 Å². The quantitative estimate of drug-likeness (QED) is 0.853. The molecule has 1 atom stereocenters. The van der Waals surface area contributed by atoms with Crippen molar-refractivity contribution in [1.82, 2.24) is 10.3 Å². The zero-order valence-corrected chi connectivity index (χ0v) is 13.6. The Morgan fingerprint density at radius 3 is 2.88 bits per heavy atom. The van der Waals surface area contributed by atoms with Gasteiger partial charge in [-0.3, -0.25) is 4.79 Å². The topological polar surface area (TPSA) is 72.5 Å². The van der Waals surface area contributed by atoms with Crippen LogP contribution < -0.4 is 15.4 Å². The van der Waals surface area contributed by atoms with E-state index in [9.17, 15) is 4.79 Å². The maximum Gasteiger partial charge on any atom is 0.255 e. The molecule has 0 spiro atoms. The van der Waals surface area contributed by atoms with Gasteiger partial charge in [0.05, 0.1) is 18.8 Å². The van der Waals surface area contributed by atoms with Gasteiger partial charge in [0, 0.05) is 25.0 Å². The number of amides is 1. The normalized spacial score (nSPS) is 16.6. The van der Waals surface area contributed by atoms with Gasteiger partial charge in [0.1, 0.15) is 11.6 Å². The van der Waals surface area contributed by atoms with E-state index in [0.717, 1.165) is 30.9 Å². The molecule has 6 nitrogen and oxygen atoms in total. The Hall–Kier alpha value is -2.60. The molecule has 6 heteroatoms. The summed E-state index contributed by atoms with van der Waals surface area (Å²) in [6.07, 6.45) is 3.81. The molecule has 1 fully saturated rings. The van der Waals surface area contributed by atoms with E-state index in [1.165, 1.54) is 0 Å². The van der Waals surface area contributed by atoms with Gasteiger partial charge in [-0.15, -0.1) is 0 Å². The summed E-state index contributed by atoms with van der Waals surface area (Å²) in [6, 6.07) is 11.0. The van der Waals surface area contributed by atoms with Crippen molar-refractivity contribution in [2.24, 2.45) is 0 Å². The summed E-state index contributed by atoms with van der Waals surface area (Å²) in [4.78, 5) is 16.7. The van der Waals surface area contributed by atoms with Crippen molar-refractivity contribution >= 4 is 17.4 Å². The Morgan fingerprint density at radius 2 is 2.17 bits per heavy atom. The Balaban J connectivity index is 1.68. The van der Waals surface area contributed by atoms with Gasteiger partial charge in [0.15, 0.2) is 0 Å². The molecule has 2 N–H and O–H groups in total. The fraction of sp³-hybridized carbons (Fsp3) is 0.333. The molecule has 0 bridgehead atoms. The number of aromatic nitrogens is 1. The van der Waals surface area contributed by atoms with E-state index in [-0.39, 0.29) is 12.0 Å². The van der Waals surface area contributed by atoms with Crippen LogP contribution in [0.15, 0.2) is 42.6 Å². The lowest BCUT2D eigenvalue weighted by atomic mass is 10.2. The van der Waals surface area contributed by atoms with Crippen LogP contribution in [0, 0.1) is 0 Å². The predicted octanol–water partition coefficient (Wildman–Crippen LogP) is 2.74. The summed E-state index contributed by atoms with van der Waals surface area (Å²) < 4.78 is 10.7. The van der Waals surface area contributed by atoms with Crippen molar-refractivity contribution in [1.29, 1.82) is 0 Å². The van der Waals surface area contributed by atoms with E-state index in [1.54, 1.807) is 25.4 Å². The van der Waals surface area contributed by atoms with Crippen molar-refractivity contribution < 1.29 is 14.3 Å². The Kier molecular flexibility index (Phi) is 5.28. The number of ether oxygens (including phenoxy) is 2. The summed E-state index contributed by atoms with van der Waals surface area (Å²) in [5, 5.41) is 6.10. The van der Waals surface area contributed by atoms with E-state index in [2.05, 4.69) is 15.6 Å². The van der Waals surface area contributed by atoms with Crippen LogP contribution in [0.5, 0.6) is 5.75 Å². The molecule has 1 aliphatic rings. The number of methoxy groups -OCH3 is 1. The summed E-state index contributed by atoms with van der Waals surface area (Å²) >= 11 is 0. The van der Waals surface area contributed by atoms with Crippen molar-refractivity contribution in [3.05, 3.63) is 48.2 Å². The number of nitrogens with zero attached hydrogens (tertiary/aromatic N) is 1. The molecule has 2 aromatic rings. The molecule has 3 rings (SSSR count). The number of anilines is 2. The van der Waals surface area contributed by atoms with Gasteiger partial charge in [-0.25, -0.2) is 4.98 Å². The summed E-state index contributed by atoms with van der Waals surface area (Å²) in [7, 11) is 1.62. The molecular formula is C18H21N3O3. The van der Waals surface area contributed by atoms with Crippen LogP contribution in [0.4, 0.5) is 11.5 Å². The van der Waals surface area contributed by atoms with Gasteiger partial charge in [-0.2, -0.15) is 0 Å². The first kappa shape index (κ1) is 16.3. The number of hydrogen-bond acceptors (Lipinski definition) is 5. The number of benzene rings is 1. The molecule has 0 saturated carbocycles. The highest BCUT2D eigenvalue weighted by molar-refractivity contribution is 5.99. The fourth-order valence-corrected chi connectivity index (χ4v) is 2.61. The van der Waals surface area contributed by atoms with Crippen molar-refractivity contribution in [3.63, 3.8) is 0 Å². The maximum atomic E-state index is 12.4. The minimum absolute atomic E-state index is 0.114. The molecule has 1 aromatic carbocycles. The van der Waals surface area contributed by atoms with E-state index in [0.29, 0.717) is 17.9 Å². The molecule has 1 unspecified atom stereocenters. The molecule has 1 saturated heterocycles. The second kappa shape index (κ2) is 7.79. The Morgan fingerprint density at radius 1 is 1.33 bits per heavy atom. The maximum absolute atomic E-state index is 12.4. The third kappa shape index (κ3) is 4.02. The molecule has 1 aromatic heterocycles. The molecule has 0 radical (unpaired) electrons.